The minimum Gasteiger partial charge on any atom is -0.339 e. The van der Waals surface area contributed by atoms with Crippen molar-refractivity contribution in [2.24, 2.45) is 0 Å². The molecule has 2 aliphatic rings. The first-order valence-corrected chi connectivity index (χ1v) is 13.9. The number of thiophene rings is 1. The summed E-state index contributed by atoms with van der Waals surface area (Å²) >= 11 is 1.82. The van der Waals surface area contributed by atoms with Gasteiger partial charge >= 0.3 is 0 Å². The molecule has 2 atom stereocenters. The highest BCUT2D eigenvalue weighted by Crippen LogP contribution is 2.38. The second kappa shape index (κ2) is 11.0. The summed E-state index contributed by atoms with van der Waals surface area (Å²) in [5, 5.41) is 2.18. The van der Waals surface area contributed by atoms with Crippen molar-refractivity contribution in [3.05, 3.63) is 93.2 Å². The van der Waals surface area contributed by atoms with Crippen molar-refractivity contribution in [3.8, 4) is 0 Å². The van der Waals surface area contributed by atoms with Crippen LogP contribution in [0.3, 0.4) is 0 Å². The average Bonchev–Trinajstić information content (AvgIpc) is 3.39. The van der Waals surface area contributed by atoms with E-state index < -0.39 is 0 Å². The lowest BCUT2D eigenvalue weighted by Crippen LogP contribution is -2.54. The molecule has 2 aromatic carbocycles. The lowest BCUT2D eigenvalue weighted by atomic mass is 9.90. The van der Waals surface area contributed by atoms with Gasteiger partial charge < -0.3 is 9.80 Å². The molecule has 188 valence electrons. The summed E-state index contributed by atoms with van der Waals surface area (Å²) < 4.78 is 0. The third-order valence-electron chi connectivity index (χ3n) is 7.74. The Morgan fingerprint density at radius 1 is 0.889 bits per heavy atom. The van der Waals surface area contributed by atoms with Gasteiger partial charge in [0, 0.05) is 37.6 Å². The van der Waals surface area contributed by atoms with Crippen molar-refractivity contribution in [2.75, 3.05) is 39.3 Å². The summed E-state index contributed by atoms with van der Waals surface area (Å²) in [6.07, 6.45) is 1.77. The lowest BCUT2D eigenvalue weighted by Gasteiger charge is -2.40. The number of carbonyl (C=O) groups is 2. The van der Waals surface area contributed by atoms with Crippen LogP contribution < -0.4 is 0 Å². The molecule has 0 saturated carbocycles. The zero-order valence-electron chi connectivity index (χ0n) is 21.2. The third-order valence-corrected chi connectivity index (χ3v) is 8.74. The van der Waals surface area contributed by atoms with Crippen LogP contribution in [0.15, 0.2) is 66.0 Å². The van der Waals surface area contributed by atoms with E-state index in [9.17, 15) is 9.59 Å². The minimum absolute atomic E-state index is 0.114. The number of rotatable bonds is 6. The van der Waals surface area contributed by atoms with Gasteiger partial charge in [0.05, 0.1) is 18.5 Å². The molecule has 3 heterocycles. The fourth-order valence-electron chi connectivity index (χ4n) is 5.71. The Hall–Kier alpha value is -2.96. The average molecular weight is 502 g/mol. The quantitative estimate of drug-likeness (QED) is 0.484. The first-order valence-electron chi connectivity index (χ1n) is 13.0. The topological polar surface area (TPSA) is 43.9 Å². The van der Waals surface area contributed by atoms with Crippen molar-refractivity contribution in [2.45, 2.75) is 38.6 Å². The first-order chi connectivity index (χ1) is 17.6. The normalized spacial score (nSPS) is 19.1. The predicted molar refractivity (Wildman–Crippen MR) is 145 cm³/mol. The molecular weight excluding hydrogens is 466 g/mol. The molecule has 2 unspecified atom stereocenters. The van der Waals surface area contributed by atoms with Gasteiger partial charge in [-0.05, 0) is 53.5 Å². The van der Waals surface area contributed by atoms with Crippen molar-refractivity contribution in [1.82, 2.24) is 14.7 Å². The van der Waals surface area contributed by atoms with Gasteiger partial charge in [0.25, 0.3) is 0 Å². The second-order valence-electron chi connectivity index (χ2n) is 9.86. The molecule has 3 aromatic rings. The van der Waals surface area contributed by atoms with Crippen LogP contribution in [-0.2, 0) is 16.0 Å². The molecule has 1 fully saturated rings. The predicted octanol–water partition coefficient (Wildman–Crippen LogP) is 4.87. The van der Waals surface area contributed by atoms with E-state index in [4.69, 9.17) is 0 Å². The molecule has 0 N–H and O–H groups in total. The maximum Gasteiger partial charge on any atom is 0.236 e. The molecule has 2 aliphatic heterocycles. The number of carbonyl (C=O) groups excluding carboxylic acids is 2. The van der Waals surface area contributed by atoms with Crippen LogP contribution in [0.1, 0.15) is 52.4 Å². The van der Waals surface area contributed by atoms with Crippen LogP contribution in [0.5, 0.6) is 0 Å². The zero-order chi connectivity index (χ0) is 25.1. The molecule has 0 aliphatic carbocycles. The van der Waals surface area contributed by atoms with Crippen LogP contribution in [0.4, 0.5) is 0 Å². The summed E-state index contributed by atoms with van der Waals surface area (Å²) in [5.74, 6) is 0.224. The Morgan fingerprint density at radius 2 is 1.58 bits per heavy atom. The number of hydrogen-bond donors (Lipinski definition) is 0. The summed E-state index contributed by atoms with van der Waals surface area (Å²) in [4.78, 5) is 34.4. The number of fused-ring (bicyclic) bond motifs is 1. The van der Waals surface area contributed by atoms with Gasteiger partial charge in [-0.1, -0.05) is 61.5 Å². The van der Waals surface area contributed by atoms with Gasteiger partial charge in [-0.3, -0.25) is 14.5 Å². The largest absolute Gasteiger partial charge is 0.339 e. The minimum atomic E-state index is -0.114. The Morgan fingerprint density at radius 3 is 2.31 bits per heavy atom. The molecular formula is C30H35N3O2S. The van der Waals surface area contributed by atoms with Crippen LogP contribution in [0, 0.1) is 6.92 Å². The van der Waals surface area contributed by atoms with Gasteiger partial charge in [-0.15, -0.1) is 11.3 Å². The maximum absolute atomic E-state index is 13.4. The van der Waals surface area contributed by atoms with E-state index in [1.807, 2.05) is 51.5 Å². The molecule has 0 radical (unpaired) electrons. The van der Waals surface area contributed by atoms with Gasteiger partial charge in [0.2, 0.25) is 11.8 Å². The number of piperazine rings is 1. The van der Waals surface area contributed by atoms with Gasteiger partial charge in [-0.2, -0.15) is 0 Å². The Kier molecular flexibility index (Phi) is 7.54. The second-order valence-corrected chi connectivity index (χ2v) is 10.9. The summed E-state index contributed by atoms with van der Waals surface area (Å²) in [7, 11) is 0. The van der Waals surface area contributed by atoms with E-state index in [0.29, 0.717) is 32.7 Å². The summed E-state index contributed by atoms with van der Waals surface area (Å²) in [5.41, 5.74) is 4.96. The van der Waals surface area contributed by atoms with E-state index in [2.05, 4.69) is 54.5 Å². The van der Waals surface area contributed by atoms with Crippen LogP contribution in [0.25, 0.3) is 0 Å². The number of nitrogens with zero attached hydrogens (tertiary/aromatic N) is 3. The fraction of sp³-hybridized carbons (Fsp3) is 0.400. The number of amides is 2. The molecule has 5 nitrogen and oxygen atoms in total. The van der Waals surface area contributed by atoms with Crippen LogP contribution >= 0.6 is 11.3 Å². The first kappa shape index (κ1) is 24.7. The Labute approximate surface area is 218 Å². The fourth-order valence-corrected chi connectivity index (χ4v) is 6.61. The van der Waals surface area contributed by atoms with Crippen molar-refractivity contribution >= 4 is 23.2 Å². The SMILES string of the molecule is CCC(C(=O)N1CCN(C(=O)CN2CCc3sccc3C2c2ccccc2C)CC1)c1ccccc1. The van der Waals surface area contributed by atoms with Crippen molar-refractivity contribution in [1.29, 1.82) is 0 Å². The van der Waals surface area contributed by atoms with Crippen molar-refractivity contribution < 1.29 is 9.59 Å². The molecule has 1 saturated heterocycles. The molecule has 6 heteroatoms. The number of benzene rings is 2. The molecule has 2 amide bonds. The number of hydrogen-bond acceptors (Lipinski definition) is 4. The standard InChI is InChI=1S/C30H35N3O2S/c1-3-24(23-10-5-4-6-11-23)30(35)32-18-16-31(17-19-32)28(34)21-33-15-13-27-26(14-20-36-27)29(33)25-12-8-7-9-22(25)2/h4-12,14,20,24,29H,3,13,15-19,21H2,1-2H3. The molecule has 0 bridgehead atoms. The third kappa shape index (κ3) is 4.97. The Balaban J connectivity index is 1.24. The van der Waals surface area contributed by atoms with E-state index in [0.717, 1.165) is 24.9 Å². The monoisotopic (exact) mass is 501 g/mol. The highest BCUT2D eigenvalue weighted by atomic mass is 32.1. The molecule has 0 spiro atoms. The van der Waals surface area contributed by atoms with Crippen LogP contribution in [0.2, 0.25) is 0 Å². The highest BCUT2D eigenvalue weighted by Gasteiger charge is 2.34. The Bertz CT molecular complexity index is 1200. The van der Waals surface area contributed by atoms with Gasteiger partial charge in [0.15, 0.2) is 0 Å². The van der Waals surface area contributed by atoms with E-state index in [1.54, 1.807) is 0 Å². The molecule has 1 aromatic heterocycles. The van der Waals surface area contributed by atoms with Gasteiger partial charge in [0.1, 0.15) is 0 Å². The summed E-state index contributed by atoms with van der Waals surface area (Å²) in [6, 6.07) is 20.9. The number of aryl methyl sites for hydroxylation is 1. The van der Waals surface area contributed by atoms with Crippen molar-refractivity contribution in [3.63, 3.8) is 0 Å². The lowest BCUT2D eigenvalue weighted by molar-refractivity contribution is -0.141. The zero-order valence-corrected chi connectivity index (χ0v) is 22.0. The van der Waals surface area contributed by atoms with E-state index >= 15 is 0 Å². The summed E-state index contributed by atoms with van der Waals surface area (Å²) in [6.45, 7) is 7.91. The van der Waals surface area contributed by atoms with E-state index in [1.165, 1.54) is 21.6 Å². The molecule has 5 rings (SSSR count). The van der Waals surface area contributed by atoms with E-state index in [-0.39, 0.29) is 23.8 Å². The van der Waals surface area contributed by atoms with Crippen LogP contribution in [-0.4, -0.2) is 65.8 Å². The smallest absolute Gasteiger partial charge is 0.236 e. The van der Waals surface area contributed by atoms with Gasteiger partial charge in [-0.25, -0.2) is 0 Å². The maximum atomic E-state index is 13.4. The highest BCUT2D eigenvalue weighted by molar-refractivity contribution is 7.10. The molecule has 36 heavy (non-hydrogen) atoms.